The van der Waals surface area contributed by atoms with Crippen LogP contribution in [0.4, 0.5) is 4.79 Å². The van der Waals surface area contributed by atoms with Crippen molar-refractivity contribution in [2.45, 2.75) is 18.5 Å². The van der Waals surface area contributed by atoms with Crippen LogP contribution in [0.5, 0.6) is 0 Å². The second-order valence-corrected chi connectivity index (χ2v) is 4.85. The second-order valence-electron chi connectivity index (χ2n) is 4.85. The van der Waals surface area contributed by atoms with Crippen molar-refractivity contribution in [2.24, 2.45) is 5.92 Å². The number of carbonyl (C=O) groups excluding carboxylic acids is 4. The third-order valence-electron chi connectivity index (χ3n) is 3.78. The number of rotatable bonds is 1. The maximum atomic E-state index is 12.1. The van der Waals surface area contributed by atoms with Gasteiger partial charge in [-0.3, -0.25) is 19.3 Å². The molecule has 2 aliphatic rings. The molecule has 2 aliphatic heterocycles. The van der Waals surface area contributed by atoms with E-state index >= 15 is 0 Å². The molecule has 2 rings (SSSR count). The first-order valence-corrected chi connectivity index (χ1v) is 6.14. The highest BCUT2D eigenvalue weighted by molar-refractivity contribution is 6.05. The Morgan fingerprint density at radius 3 is 2.40 bits per heavy atom. The predicted molar refractivity (Wildman–Crippen MR) is 64.6 cm³/mol. The van der Waals surface area contributed by atoms with Crippen molar-refractivity contribution in [3.63, 3.8) is 0 Å². The molecule has 0 spiro atoms. The average molecular weight is 284 g/mol. The number of hydrogen-bond acceptors (Lipinski definition) is 6. The van der Waals surface area contributed by atoms with E-state index < -0.39 is 30.1 Å². The van der Waals surface area contributed by atoms with Gasteiger partial charge in [-0.15, -0.1) is 0 Å². The zero-order valence-corrected chi connectivity index (χ0v) is 11.5. The second kappa shape index (κ2) is 5.10. The number of likely N-dealkylation sites (N-methyl/N-ethyl adjacent to an activating group) is 1. The predicted octanol–water partition coefficient (Wildman–Crippen LogP) is -0.974. The molecule has 2 unspecified atom stereocenters. The summed E-state index contributed by atoms with van der Waals surface area (Å²) in [5.41, 5.74) is 0. The van der Waals surface area contributed by atoms with Crippen LogP contribution in [0.1, 0.15) is 6.42 Å². The van der Waals surface area contributed by atoms with Crippen molar-refractivity contribution >= 4 is 23.8 Å². The summed E-state index contributed by atoms with van der Waals surface area (Å²) >= 11 is 0. The van der Waals surface area contributed by atoms with Crippen LogP contribution in [0.2, 0.25) is 0 Å². The normalized spacial score (nSPS) is 29.2. The minimum atomic E-state index is -1.08. The van der Waals surface area contributed by atoms with Gasteiger partial charge in [-0.25, -0.2) is 4.79 Å². The highest BCUT2D eigenvalue weighted by Crippen LogP contribution is 2.32. The van der Waals surface area contributed by atoms with Gasteiger partial charge in [0, 0.05) is 20.0 Å². The molecule has 0 saturated carbocycles. The zero-order chi connectivity index (χ0) is 15.0. The molecule has 0 aromatic carbocycles. The van der Waals surface area contributed by atoms with Crippen molar-refractivity contribution in [1.29, 1.82) is 0 Å². The fourth-order valence-electron chi connectivity index (χ4n) is 2.83. The van der Waals surface area contributed by atoms with E-state index in [2.05, 4.69) is 9.47 Å². The Bertz CT molecular complexity index is 477. The Labute approximate surface area is 115 Å². The number of methoxy groups -OCH3 is 2. The fourth-order valence-corrected chi connectivity index (χ4v) is 2.83. The number of fused-ring (bicyclic) bond motifs is 2. The summed E-state index contributed by atoms with van der Waals surface area (Å²) in [6.07, 6.45) is -0.919. The Kier molecular flexibility index (Phi) is 3.65. The molecule has 110 valence electrons. The van der Waals surface area contributed by atoms with Crippen LogP contribution in [-0.2, 0) is 23.9 Å². The van der Waals surface area contributed by atoms with Crippen LogP contribution < -0.4 is 0 Å². The van der Waals surface area contributed by atoms with Crippen molar-refractivity contribution in [2.75, 3.05) is 27.8 Å². The molecule has 0 aromatic rings. The Morgan fingerprint density at radius 2 is 1.85 bits per heavy atom. The highest BCUT2D eigenvalue weighted by Gasteiger charge is 2.55. The molecule has 0 aliphatic carbocycles. The van der Waals surface area contributed by atoms with Gasteiger partial charge in [-0.1, -0.05) is 0 Å². The van der Waals surface area contributed by atoms with Gasteiger partial charge in [-0.05, 0) is 0 Å². The Balaban J connectivity index is 2.42. The zero-order valence-electron chi connectivity index (χ0n) is 11.5. The first-order chi connectivity index (χ1) is 9.42. The number of hydrogen-bond donors (Lipinski definition) is 0. The summed E-state index contributed by atoms with van der Waals surface area (Å²) in [5.74, 6) is -2.49. The van der Waals surface area contributed by atoms with Gasteiger partial charge in [0.05, 0.1) is 20.3 Å². The van der Waals surface area contributed by atoms with Crippen molar-refractivity contribution < 1.29 is 28.7 Å². The monoisotopic (exact) mass is 284 g/mol. The molecule has 8 nitrogen and oxygen atoms in total. The summed E-state index contributed by atoms with van der Waals surface area (Å²) in [6, 6.07) is -1.65. The lowest BCUT2D eigenvalue weighted by atomic mass is 9.81. The molecule has 2 saturated heterocycles. The summed E-state index contributed by atoms with van der Waals surface area (Å²) in [7, 11) is 3.94. The standard InChI is InChI=1S/C12H16N2O6/c1-13-5-7-9(11(17)19-2)8(15)4-6(10(13)16)14(7)12(18)20-3/h6-7,9H,4-5H2,1-3H3/t6?,7-,9?/m1/s1. The quantitative estimate of drug-likeness (QED) is 0.454. The van der Waals surface area contributed by atoms with Gasteiger partial charge in [-0.2, -0.15) is 0 Å². The molecule has 2 fully saturated rings. The number of nitrogens with zero attached hydrogens (tertiary/aromatic N) is 2. The number of piperazine rings is 1. The first kappa shape index (κ1) is 14.3. The third-order valence-corrected chi connectivity index (χ3v) is 3.78. The van der Waals surface area contributed by atoms with E-state index in [4.69, 9.17) is 0 Å². The van der Waals surface area contributed by atoms with Crippen LogP contribution >= 0.6 is 0 Å². The van der Waals surface area contributed by atoms with Gasteiger partial charge in [0.2, 0.25) is 5.91 Å². The summed E-state index contributed by atoms with van der Waals surface area (Å²) < 4.78 is 9.29. The molecule has 0 N–H and O–H groups in total. The number of piperidine rings is 1. The molecule has 20 heavy (non-hydrogen) atoms. The molecular formula is C12H16N2O6. The number of likely N-dealkylation sites (tertiary alicyclic amines) is 1. The first-order valence-electron chi connectivity index (χ1n) is 6.14. The molecule has 3 atom stereocenters. The number of Topliss-reactive ketones (excluding diaryl/α,β-unsaturated/α-hetero) is 1. The molecule has 0 aromatic heterocycles. The number of ketones is 1. The minimum Gasteiger partial charge on any atom is -0.468 e. The number of ether oxygens (including phenoxy) is 2. The topological polar surface area (TPSA) is 93.2 Å². The van der Waals surface area contributed by atoms with Crippen LogP contribution in [-0.4, -0.2) is 73.4 Å². The minimum absolute atomic E-state index is 0.0932. The van der Waals surface area contributed by atoms with Gasteiger partial charge in [0.15, 0.2) is 5.78 Å². The molecule has 2 heterocycles. The van der Waals surface area contributed by atoms with Gasteiger partial charge < -0.3 is 14.4 Å². The molecular weight excluding hydrogens is 268 g/mol. The van der Waals surface area contributed by atoms with E-state index in [-0.39, 0.29) is 24.7 Å². The summed E-state index contributed by atoms with van der Waals surface area (Å²) in [4.78, 5) is 50.4. The maximum Gasteiger partial charge on any atom is 0.410 e. The largest absolute Gasteiger partial charge is 0.468 e. The number of carbonyl (C=O) groups is 4. The van der Waals surface area contributed by atoms with Gasteiger partial charge in [0.1, 0.15) is 12.0 Å². The maximum absolute atomic E-state index is 12.1. The third kappa shape index (κ3) is 2.00. The Hall–Kier alpha value is -2.12. The Morgan fingerprint density at radius 1 is 1.20 bits per heavy atom. The van der Waals surface area contributed by atoms with Crippen LogP contribution in [0.3, 0.4) is 0 Å². The number of esters is 1. The van der Waals surface area contributed by atoms with Crippen molar-refractivity contribution in [3.05, 3.63) is 0 Å². The summed E-state index contributed by atoms with van der Waals surface area (Å²) in [5, 5.41) is 0. The molecule has 8 heteroatoms. The van der Waals surface area contributed by atoms with Crippen LogP contribution in [0.15, 0.2) is 0 Å². The summed E-state index contributed by atoms with van der Waals surface area (Å²) in [6.45, 7) is 0.0932. The van der Waals surface area contributed by atoms with E-state index in [1.165, 1.54) is 24.0 Å². The van der Waals surface area contributed by atoms with Gasteiger partial charge >= 0.3 is 12.1 Å². The molecule has 2 amide bonds. The fraction of sp³-hybridized carbons (Fsp3) is 0.667. The lowest BCUT2D eigenvalue weighted by Gasteiger charge is -2.48. The van der Waals surface area contributed by atoms with Crippen LogP contribution in [0.25, 0.3) is 0 Å². The van der Waals surface area contributed by atoms with Crippen molar-refractivity contribution in [1.82, 2.24) is 9.80 Å². The van der Waals surface area contributed by atoms with E-state index in [9.17, 15) is 19.2 Å². The SMILES string of the molecule is COC(=O)C1C(=O)CC2C(=O)N(C)C[C@H]1N2C(=O)OC. The van der Waals surface area contributed by atoms with E-state index in [0.29, 0.717) is 0 Å². The van der Waals surface area contributed by atoms with Crippen molar-refractivity contribution in [3.8, 4) is 0 Å². The molecule has 0 radical (unpaired) electrons. The number of amides is 2. The lowest BCUT2D eigenvalue weighted by molar-refractivity contribution is -0.165. The smallest absolute Gasteiger partial charge is 0.410 e. The van der Waals surface area contributed by atoms with E-state index in [0.717, 1.165) is 0 Å². The van der Waals surface area contributed by atoms with E-state index in [1.54, 1.807) is 7.05 Å². The lowest BCUT2D eigenvalue weighted by Crippen LogP contribution is -2.70. The van der Waals surface area contributed by atoms with Crippen LogP contribution in [0, 0.1) is 5.92 Å². The van der Waals surface area contributed by atoms with Gasteiger partial charge in [0.25, 0.3) is 0 Å². The van der Waals surface area contributed by atoms with E-state index in [1.807, 2.05) is 0 Å². The highest BCUT2D eigenvalue weighted by atomic mass is 16.5. The average Bonchev–Trinajstić information content (AvgIpc) is 2.43. The molecule has 2 bridgehead atoms.